The maximum Gasteiger partial charge on any atom is 0.270 e. The molecule has 2 N–H and O–H groups in total. The number of aryl methyl sites for hydroxylation is 1. The number of pyridine rings is 2. The zero-order valence-corrected chi connectivity index (χ0v) is 19.1. The Balaban J connectivity index is 1.21. The molecular formula is C27H23N5O3. The van der Waals surface area contributed by atoms with Gasteiger partial charge in [0.15, 0.2) is 0 Å². The van der Waals surface area contributed by atoms with Crippen LogP contribution in [-0.4, -0.2) is 51.7 Å². The van der Waals surface area contributed by atoms with Gasteiger partial charge in [0, 0.05) is 42.1 Å². The van der Waals surface area contributed by atoms with Gasteiger partial charge in [-0.05, 0) is 55.0 Å². The summed E-state index contributed by atoms with van der Waals surface area (Å²) in [6.45, 7) is 2.71. The van der Waals surface area contributed by atoms with Gasteiger partial charge in [-0.2, -0.15) is 0 Å². The monoisotopic (exact) mass is 465 g/mol. The van der Waals surface area contributed by atoms with E-state index in [2.05, 4.69) is 20.6 Å². The van der Waals surface area contributed by atoms with Gasteiger partial charge < -0.3 is 15.5 Å². The molecule has 1 aliphatic rings. The maximum absolute atomic E-state index is 12.9. The molecule has 8 heteroatoms. The highest BCUT2D eigenvalue weighted by Gasteiger charge is 2.32. The molecule has 0 unspecified atom stereocenters. The number of para-hydroxylation sites is 1. The molecule has 35 heavy (non-hydrogen) atoms. The molecule has 8 nitrogen and oxygen atoms in total. The Hall–Kier alpha value is -4.59. The number of hydrogen-bond donors (Lipinski definition) is 2. The molecule has 1 fully saturated rings. The molecule has 0 bridgehead atoms. The third-order valence-electron chi connectivity index (χ3n) is 6.00. The fourth-order valence-corrected chi connectivity index (χ4v) is 4.09. The fraction of sp³-hybridized carbons (Fsp3) is 0.148. The van der Waals surface area contributed by atoms with Crippen LogP contribution in [0.3, 0.4) is 0 Å². The van der Waals surface area contributed by atoms with Crippen molar-refractivity contribution in [2.75, 3.05) is 18.4 Å². The molecule has 2 aromatic heterocycles. The molecule has 1 saturated heterocycles. The smallest absolute Gasteiger partial charge is 0.270 e. The van der Waals surface area contributed by atoms with Crippen LogP contribution in [0.15, 0.2) is 79.1 Å². The van der Waals surface area contributed by atoms with Crippen LogP contribution in [0.25, 0.3) is 10.9 Å². The van der Waals surface area contributed by atoms with Crippen LogP contribution in [0.1, 0.15) is 36.8 Å². The normalized spacial score (nSPS) is 13.2. The molecule has 3 amide bonds. The topological polar surface area (TPSA) is 104 Å². The molecule has 0 aliphatic carbocycles. The van der Waals surface area contributed by atoms with Crippen LogP contribution >= 0.6 is 0 Å². The molecule has 5 rings (SSSR count). The predicted molar refractivity (Wildman–Crippen MR) is 132 cm³/mol. The van der Waals surface area contributed by atoms with Gasteiger partial charge in [0.25, 0.3) is 17.7 Å². The van der Waals surface area contributed by atoms with Gasteiger partial charge in [-0.1, -0.05) is 24.3 Å². The van der Waals surface area contributed by atoms with Crippen molar-refractivity contribution in [1.29, 1.82) is 0 Å². The predicted octanol–water partition coefficient (Wildman–Crippen LogP) is 3.44. The van der Waals surface area contributed by atoms with Crippen molar-refractivity contribution in [2.45, 2.75) is 13.0 Å². The van der Waals surface area contributed by atoms with Gasteiger partial charge in [0.1, 0.15) is 5.69 Å². The number of likely N-dealkylation sites (tertiary alicyclic amines) is 1. The Morgan fingerprint density at radius 3 is 2.46 bits per heavy atom. The van der Waals surface area contributed by atoms with E-state index in [0.29, 0.717) is 41.1 Å². The van der Waals surface area contributed by atoms with Crippen molar-refractivity contribution in [2.24, 2.45) is 0 Å². The number of fused-ring (bicyclic) bond motifs is 1. The Labute approximate surface area is 202 Å². The van der Waals surface area contributed by atoms with Crippen molar-refractivity contribution >= 4 is 34.3 Å². The quantitative estimate of drug-likeness (QED) is 0.470. The highest BCUT2D eigenvalue weighted by atomic mass is 16.2. The number of carbonyl (C=O) groups excluding carboxylic acids is 3. The SMILES string of the molecule is Cc1cc(C(=O)N2CC(NC(=O)c3ccccn3)C2)ccc1NC(=O)c1cccc2cccnc12. The zero-order valence-electron chi connectivity index (χ0n) is 19.1. The first-order valence-corrected chi connectivity index (χ1v) is 11.3. The minimum atomic E-state index is -0.259. The van der Waals surface area contributed by atoms with Gasteiger partial charge in [0.2, 0.25) is 0 Å². The second-order valence-corrected chi connectivity index (χ2v) is 8.46. The molecule has 3 heterocycles. The summed E-state index contributed by atoms with van der Waals surface area (Å²) in [5.74, 6) is -0.627. The van der Waals surface area contributed by atoms with E-state index in [1.165, 1.54) is 0 Å². The largest absolute Gasteiger partial charge is 0.344 e. The summed E-state index contributed by atoms with van der Waals surface area (Å²) in [4.78, 5) is 48.1. The first-order valence-electron chi connectivity index (χ1n) is 11.3. The number of carbonyl (C=O) groups is 3. The summed E-state index contributed by atoms with van der Waals surface area (Å²) < 4.78 is 0. The summed E-state index contributed by atoms with van der Waals surface area (Å²) in [5.41, 5.74) is 3.41. The number of anilines is 1. The first-order chi connectivity index (χ1) is 17.0. The van der Waals surface area contributed by atoms with Gasteiger partial charge in [-0.25, -0.2) is 0 Å². The molecule has 0 spiro atoms. The second-order valence-electron chi connectivity index (χ2n) is 8.46. The minimum absolute atomic E-state index is 0.109. The summed E-state index contributed by atoms with van der Waals surface area (Å²) in [7, 11) is 0. The van der Waals surface area contributed by atoms with Crippen LogP contribution in [0, 0.1) is 6.92 Å². The zero-order chi connectivity index (χ0) is 24.4. The lowest BCUT2D eigenvalue weighted by atomic mass is 10.0. The number of hydrogen-bond acceptors (Lipinski definition) is 5. The molecule has 0 radical (unpaired) electrons. The van der Waals surface area contributed by atoms with Gasteiger partial charge in [0.05, 0.1) is 17.1 Å². The summed E-state index contributed by atoms with van der Waals surface area (Å²) in [5, 5.41) is 6.71. The Bertz CT molecular complexity index is 1430. The number of amides is 3. The number of rotatable bonds is 5. The van der Waals surface area contributed by atoms with E-state index in [9.17, 15) is 14.4 Å². The molecular weight excluding hydrogens is 442 g/mol. The summed E-state index contributed by atoms with van der Waals surface area (Å²) in [6, 6.07) is 19.5. The maximum atomic E-state index is 12.9. The van der Waals surface area contributed by atoms with Crippen molar-refractivity contribution in [1.82, 2.24) is 20.2 Å². The van der Waals surface area contributed by atoms with E-state index in [4.69, 9.17) is 0 Å². The third-order valence-corrected chi connectivity index (χ3v) is 6.00. The van der Waals surface area contributed by atoms with Gasteiger partial charge in [-0.3, -0.25) is 24.4 Å². The lowest BCUT2D eigenvalue weighted by Gasteiger charge is -2.39. The third kappa shape index (κ3) is 4.59. The lowest BCUT2D eigenvalue weighted by molar-refractivity contribution is 0.0541. The Kier molecular flexibility index (Phi) is 5.93. The van der Waals surface area contributed by atoms with Crippen LogP contribution in [0.4, 0.5) is 5.69 Å². The van der Waals surface area contributed by atoms with Crippen LogP contribution in [0.2, 0.25) is 0 Å². The van der Waals surface area contributed by atoms with Gasteiger partial charge in [-0.15, -0.1) is 0 Å². The van der Waals surface area contributed by atoms with E-state index >= 15 is 0 Å². The average Bonchev–Trinajstić information content (AvgIpc) is 2.86. The average molecular weight is 466 g/mol. The number of nitrogens with zero attached hydrogens (tertiary/aromatic N) is 3. The van der Waals surface area contributed by atoms with E-state index in [-0.39, 0.29) is 23.8 Å². The van der Waals surface area contributed by atoms with Crippen molar-refractivity contribution in [3.63, 3.8) is 0 Å². The molecule has 0 saturated carbocycles. The number of aromatic nitrogens is 2. The van der Waals surface area contributed by atoms with Crippen LogP contribution < -0.4 is 10.6 Å². The Morgan fingerprint density at radius 2 is 1.69 bits per heavy atom. The molecule has 1 aliphatic heterocycles. The lowest BCUT2D eigenvalue weighted by Crippen LogP contribution is -2.61. The van der Waals surface area contributed by atoms with Crippen molar-refractivity contribution in [3.05, 3.63) is 102 Å². The second kappa shape index (κ2) is 9.34. The summed E-state index contributed by atoms with van der Waals surface area (Å²) in [6.07, 6.45) is 3.23. The van der Waals surface area contributed by atoms with Crippen molar-refractivity contribution < 1.29 is 14.4 Å². The molecule has 174 valence electrons. The fourth-order valence-electron chi connectivity index (χ4n) is 4.09. The van der Waals surface area contributed by atoms with Crippen LogP contribution in [0.5, 0.6) is 0 Å². The van der Waals surface area contributed by atoms with E-state index in [1.54, 1.807) is 59.8 Å². The highest BCUT2D eigenvalue weighted by Crippen LogP contribution is 2.22. The highest BCUT2D eigenvalue weighted by molar-refractivity contribution is 6.12. The summed E-state index contributed by atoms with van der Waals surface area (Å²) >= 11 is 0. The van der Waals surface area contributed by atoms with Crippen LogP contribution in [-0.2, 0) is 0 Å². The van der Waals surface area contributed by atoms with E-state index in [0.717, 1.165) is 10.9 Å². The minimum Gasteiger partial charge on any atom is -0.344 e. The Morgan fingerprint density at radius 1 is 0.886 bits per heavy atom. The number of nitrogens with one attached hydrogen (secondary N) is 2. The van der Waals surface area contributed by atoms with E-state index in [1.807, 2.05) is 31.2 Å². The van der Waals surface area contributed by atoms with Gasteiger partial charge >= 0.3 is 0 Å². The molecule has 2 aromatic carbocycles. The standard InChI is InChI=1S/C27H23N5O3/c1-17-14-19(27(35)32-15-20(16-32)30-26(34)23-9-2-3-12-28-23)10-11-22(17)31-25(33)21-8-4-6-18-7-5-13-29-24(18)21/h2-14,20H,15-16H2,1H3,(H,30,34)(H,31,33). The molecule has 4 aromatic rings. The first kappa shape index (κ1) is 22.2. The molecule has 0 atom stereocenters. The van der Waals surface area contributed by atoms with E-state index < -0.39 is 0 Å². The van der Waals surface area contributed by atoms with Crippen molar-refractivity contribution in [3.8, 4) is 0 Å². The number of benzene rings is 2.